The summed E-state index contributed by atoms with van der Waals surface area (Å²) < 4.78 is 5.41. The minimum atomic E-state index is 0.317. The van der Waals surface area contributed by atoms with Gasteiger partial charge in [0.25, 0.3) is 0 Å². The van der Waals surface area contributed by atoms with E-state index < -0.39 is 0 Å². The normalized spacial score (nSPS) is 10.8. The maximum Gasteiger partial charge on any atom is 0.321 e. The average molecular weight is 248 g/mol. The molecule has 2 aromatic rings. The van der Waals surface area contributed by atoms with Crippen molar-refractivity contribution >= 4 is 11.8 Å². The fourth-order valence-corrected chi connectivity index (χ4v) is 1.32. The van der Waals surface area contributed by atoms with E-state index in [0.717, 1.165) is 6.54 Å². The van der Waals surface area contributed by atoms with Crippen LogP contribution in [0.3, 0.4) is 0 Å². The molecule has 0 saturated carbocycles. The summed E-state index contributed by atoms with van der Waals surface area (Å²) >= 11 is 0. The largest absolute Gasteiger partial charge is 0.406 e. The van der Waals surface area contributed by atoms with Crippen molar-refractivity contribution in [2.75, 3.05) is 11.9 Å². The van der Waals surface area contributed by atoms with Gasteiger partial charge in [0.2, 0.25) is 5.89 Å². The molecular formula is C11H16N6O. The van der Waals surface area contributed by atoms with Crippen LogP contribution in [-0.2, 0) is 6.54 Å². The van der Waals surface area contributed by atoms with Crippen LogP contribution in [0.5, 0.6) is 0 Å². The van der Waals surface area contributed by atoms with Gasteiger partial charge in [-0.05, 0) is 24.6 Å². The Morgan fingerprint density at radius 2 is 2.17 bits per heavy atom. The van der Waals surface area contributed by atoms with Crippen LogP contribution in [0.4, 0.5) is 11.8 Å². The van der Waals surface area contributed by atoms with E-state index >= 15 is 0 Å². The first-order valence-corrected chi connectivity index (χ1v) is 5.82. The van der Waals surface area contributed by atoms with Crippen LogP contribution < -0.4 is 10.6 Å². The predicted octanol–water partition coefficient (Wildman–Crippen LogP) is 1.35. The van der Waals surface area contributed by atoms with E-state index in [9.17, 15) is 0 Å². The zero-order valence-electron chi connectivity index (χ0n) is 10.4. The molecule has 0 amide bonds. The van der Waals surface area contributed by atoms with Crippen LogP contribution in [0.1, 0.15) is 19.7 Å². The molecule has 0 aromatic carbocycles. The van der Waals surface area contributed by atoms with Crippen molar-refractivity contribution in [3.05, 3.63) is 24.2 Å². The van der Waals surface area contributed by atoms with Crippen LogP contribution >= 0.6 is 0 Å². The standard InChI is InChI=1S/C11H16N6O/c1-8(2)6-12-7-10-16-17-11(18-10)14-9-4-3-5-13-15-9/h3-5,8,12H,6-7H2,1-2H3,(H,14,15,17). The van der Waals surface area contributed by atoms with Gasteiger partial charge in [-0.1, -0.05) is 18.9 Å². The van der Waals surface area contributed by atoms with Gasteiger partial charge in [0.1, 0.15) is 0 Å². The van der Waals surface area contributed by atoms with Gasteiger partial charge < -0.3 is 9.73 Å². The van der Waals surface area contributed by atoms with Crippen molar-refractivity contribution in [2.45, 2.75) is 20.4 Å². The number of hydrogen-bond donors (Lipinski definition) is 2. The maximum atomic E-state index is 5.41. The second kappa shape index (κ2) is 6.06. The lowest BCUT2D eigenvalue weighted by molar-refractivity contribution is 0.460. The molecule has 0 radical (unpaired) electrons. The zero-order valence-corrected chi connectivity index (χ0v) is 10.4. The van der Waals surface area contributed by atoms with Gasteiger partial charge in [-0.3, -0.25) is 5.32 Å². The number of aromatic nitrogens is 4. The van der Waals surface area contributed by atoms with E-state index in [4.69, 9.17) is 4.42 Å². The third-order valence-corrected chi connectivity index (χ3v) is 2.10. The van der Waals surface area contributed by atoms with Gasteiger partial charge in [-0.25, -0.2) is 0 Å². The first-order chi connectivity index (χ1) is 8.74. The van der Waals surface area contributed by atoms with Crippen molar-refractivity contribution < 1.29 is 4.42 Å². The molecule has 7 nitrogen and oxygen atoms in total. The van der Waals surface area contributed by atoms with Crippen molar-refractivity contribution in [1.29, 1.82) is 0 Å². The van der Waals surface area contributed by atoms with Crippen LogP contribution in [0.25, 0.3) is 0 Å². The molecule has 0 saturated heterocycles. The molecule has 0 aliphatic rings. The van der Waals surface area contributed by atoms with Crippen LogP contribution in [0, 0.1) is 5.92 Å². The molecule has 0 atom stereocenters. The Morgan fingerprint density at radius 1 is 1.28 bits per heavy atom. The van der Waals surface area contributed by atoms with Crippen LogP contribution in [0.15, 0.2) is 22.7 Å². The van der Waals surface area contributed by atoms with E-state index in [1.54, 1.807) is 18.3 Å². The Balaban J connectivity index is 1.86. The summed E-state index contributed by atoms with van der Waals surface area (Å²) in [6.45, 7) is 5.76. The molecule has 0 aliphatic heterocycles. The Morgan fingerprint density at radius 3 is 2.89 bits per heavy atom. The highest BCUT2D eigenvalue weighted by Crippen LogP contribution is 2.11. The number of nitrogens with zero attached hydrogens (tertiary/aromatic N) is 4. The predicted molar refractivity (Wildman–Crippen MR) is 66.2 cm³/mol. The van der Waals surface area contributed by atoms with Gasteiger partial charge in [-0.2, -0.15) is 5.10 Å². The highest BCUT2D eigenvalue weighted by molar-refractivity contribution is 5.43. The minimum Gasteiger partial charge on any atom is -0.406 e. The molecule has 0 bridgehead atoms. The summed E-state index contributed by atoms with van der Waals surface area (Å²) in [5.41, 5.74) is 0. The first kappa shape index (κ1) is 12.4. The van der Waals surface area contributed by atoms with E-state index in [0.29, 0.717) is 30.2 Å². The van der Waals surface area contributed by atoms with Gasteiger partial charge in [0.05, 0.1) is 6.54 Å². The highest BCUT2D eigenvalue weighted by Gasteiger charge is 2.06. The third-order valence-electron chi connectivity index (χ3n) is 2.10. The molecule has 2 aromatic heterocycles. The summed E-state index contributed by atoms with van der Waals surface area (Å²) in [5.74, 6) is 1.70. The molecule has 0 spiro atoms. The molecule has 7 heteroatoms. The molecule has 96 valence electrons. The van der Waals surface area contributed by atoms with Gasteiger partial charge in [0.15, 0.2) is 5.82 Å². The number of rotatable bonds is 6. The molecule has 2 N–H and O–H groups in total. The molecule has 0 fully saturated rings. The lowest BCUT2D eigenvalue weighted by atomic mass is 10.2. The first-order valence-electron chi connectivity index (χ1n) is 5.82. The Bertz CT molecular complexity index is 469. The van der Waals surface area contributed by atoms with Gasteiger partial charge in [0, 0.05) is 6.20 Å². The van der Waals surface area contributed by atoms with Gasteiger partial charge >= 0.3 is 6.01 Å². The quantitative estimate of drug-likeness (QED) is 0.797. The second-order valence-electron chi connectivity index (χ2n) is 4.26. The van der Waals surface area contributed by atoms with Crippen molar-refractivity contribution in [2.24, 2.45) is 5.92 Å². The van der Waals surface area contributed by atoms with E-state index in [1.165, 1.54) is 0 Å². The topological polar surface area (TPSA) is 88.8 Å². The molecule has 2 heterocycles. The monoisotopic (exact) mass is 248 g/mol. The van der Waals surface area contributed by atoms with Crippen molar-refractivity contribution in [3.8, 4) is 0 Å². The molecule has 0 aliphatic carbocycles. The molecule has 2 rings (SSSR count). The molecule has 0 unspecified atom stereocenters. The number of anilines is 2. The fourth-order valence-electron chi connectivity index (χ4n) is 1.32. The summed E-state index contributed by atoms with van der Waals surface area (Å²) in [4.78, 5) is 0. The van der Waals surface area contributed by atoms with E-state index in [-0.39, 0.29) is 0 Å². The van der Waals surface area contributed by atoms with E-state index in [1.807, 2.05) is 0 Å². The summed E-state index contributed by atoms with van der Waals surface area (Å²) in [5, 5.41) is 21.5. The minimum absolute atomic E-state index is 0.317. The fraction of sp³-hybridized carbons (Fsp3) is 0.455. The number of hydrogen-bond acceptors (Lipinski definition) is 7. The number of nitrogens with one attached hydrogen (secondary N) is 2. The SMILES string of the molecule is CC(C)CNCc1nnc(Nc2cccnn2)o1. The Labute approximate surface area is 105 Å². The van der Waals surface area contributed by atoms with Crippen LogP contribution in [-0.4, -0.2) is 26.9 Å². The second-order valence-corrected chi connectivity index (χ2v) is 4.26. The smallest absolute Gasteiger partial charge is 0.321 e. The summed E-state index contributed by atoms with van der Waals surface area (Å²) in [6.07, 6.45) is 1.60. The summed E-state index contributed by atoms with van der Waals surface area (Å²) in [7, 11) is 0. The maximum absolute atomic E-state index is 5.41. The van der Waals surface area contributed by atoms with Crippen molar-refractivity contribution in [3.63, 3.8) is 0 Å². The summed E-state index contributed by atoms with van der Waals surface area (Å²) in [6, 6.07) is 3.86. The molecule has 18 heavy (non-hydrogen) atoms. The van der Waals surface area contributed by atoms with E-state index in [2.05, 4.69) is 44.9 Å². The highest BCUT2D eigenvalue weighted by atomic mass is 16.4. The lowest BCUT2D eigenvalue weighted by Gasteiger charge is -2.03. The Kier molecular flexibility index (Phi) is 4.19. The zero-order chi connectivity index (χ0) is 12.8. The lowest BCUT2D eigenvalue weighted by Crippen LogP contribution is -2.19. The molecular weight excluding hydrogens is 232 g/mol. The van der Waals surface area contributed by atoms with Gasteiger partial charge in [-0.15, -0.1) is 10.2 Å². The Hall–Kier alpha value is -2.02. The average Bonchev–Trinajstić information content (AvgIpc) is 2.78. The van der Waals surface area contributed by atoms with Crippen LogP contribution in [0.2, 0.25) is 0 Å². The van der Waals surface area contributed by atoms with Crippen molar-refractivity contribution in [1.82, 2.24) is 25.7 Å². The third kappa shape index (κ3) is 3.77.